The molecule has 1 amide bonds. The normalized spacial score (nSPS) is 11.5. The number of sulfonamides is 1. The van der Waals surface area contributed by atoms with Gasteiger partial charge in [-0.2, -0.15) is 0 Å². The molecule has 6 nitrogen and oxygen atoms in total. The molecule has 0 aliphatic rings. The van der Waals surface area contributed by atoms with Gasteiger partial charge in [0.15, 0.2) is 0 Å². The van der Waals surface area contributed by atoms with Gasteiger partial charge in [0.2, 0.25) is 10.0 Å². The topological polar surface area (TPSA) is 88.2 Å². The van der Waals surface area contributed by atoms with Crippen LogP contribution in [-0.4, -0.2) is 25.9 Å². The van der Waals surface area contributed by atoms with Crippen molar-refractivity contribution in [3.05, 3.63) is 59.9 Å². The third-order valence-corrected chi connectivity index (χ3v) is 4.73. The van der Waals surface area contributed by atoms with E-state index < -0.39 is 10.0 Å². The second kappa shape index (κ2) is 8.03. The van der Waals surface area contributed by atoms with Gasteiger partial charge in [0.1, 0.15) is 0 Å². The number of hydrogen-bond acceptors (Lipinski definition) is 4. The highest BCUT2D eigenvalue weighted by Gasteiger charge is 2.14. The molecule has 2 aromatic rings. The van der Waals surface area contributed by atoms with Crippen LogP contribution in [0.1, 0.15) is 29.8 Å². The Balaban J connectivity index is 2.02. The number of amides is 1. The first kappa shape index (κ1) is 18.1. The second-order valence-electron chi connectivity index (χ2n) is 5.81. The van der Waals surface area contributed by atoms with Gasteiger partial charge in [0.25, 0.3) is 5.91 Å². The summed E-state index contributed by atoms with van der Waals surface area (Å²) in [7, 11) is -3.63. The van der Waals surface area contributed by atoms with Crippen molar-refractivity contribution in [2.24, 2.45) is 5.92 Å². The molecule has 128 valence electrons. The van der Waals surface area contributed by atoms with Crippen LogP contribution in [0.2, 0.25) is 0 Å². The highest BCUT2D eigenvalue weighted by Crippen LogP contribution is 2.11. The fraction of sp³-hybridized carbons (Fsp3) is 0.294. The summed E-state index contributed by atoms with van der Waals surface area (Å²) in [6, 6.07) is 9.36. The van der Waals surface area contributed by atoms with E-state index in [0.29, 0.717) is 18.0 Å². The van der Waals surface area contributed by atoms with Crippen molar-refractivity contribution in [2.45, 2.75) is 25.3 Å². The maximum atomic E-state index is 12.3. The van der Waals surface area contributed by atoms with Crippen molar-refractivity contribution in [1.82, 2.24) is 15.0 Å². The highest BCUT2D eigenvalue weighted by atomic mass is 32.2. The first-order valence-corrected chi connectivity index (χ1v) is 9.13. The number of hydrogen-bond donors (Lipinski definition) is 2. The molecule has 1 aromatic carbocycles. The molecule has 0 saturated carbocycles. The number of carbonyl (C=O) groups is 1. The average Bonchev–Trinajstić information content (AvgIpc) is 2.59. The maximum Gasteiger partial charge on any atom is 0.251 e. The van der Waals surface area contributed by atoms with Gasteiger partial charge in [0.05, 0.1) is 4.90 Å². The SMILES string of the molecule is CC(C)CNC(=O)c1ccc(S(=O)(=O)NCc2ccncc2)cc1. The summed E-state index contributed by atoms with van der Waals surface area (Å²) in [4.78, 5) is 15.9. The minimum absolute atomic E-state index is 0.122. The molecule has 0 aliphatic carbocycles. The van der Waals surface area contributed by atoms with Crippen LogP contribution in [0.4, 0.5) is 0 Å². The lowest BCUT2D eigenvalue weighted by Crippen LogP contribution is -2.27. The molecule has 0 radical (unpaired) electrons. The molecular weight excluding hydrogens is 326 g/mol. The molecule has 0 fully saturated rings. The number of nitrogens with zero attached hydrogens (tertiary/aromatic N) is 1. The quantitative estimate of drug-likeness (QED) is 0.801. The van der Waals surface area contributed by atoms with Gasteiger partial charge in [-0.15, -0.1) is 0 Å². The zero-order chi connectivity index (χ0) is 17.6. The number of rotatable bonds is 7. The first-order chi connectivity index (χ1) is 11.4. The van der Waals surface area contributed by atoms with E-state index in [4.69, 9.17) is 0 Å². The van der Waals surface area contributed by atoms with Crippen LogP contribution >= 0.6 is 0 Å². The van der Waals surface area contributed by atoms with Crippen molar-refractivity contribution < 1.29 is 13.2 Å². The first-order valence-electron chi connectivity index (χ1n) is 7.65. The van der Waals surface area contributed by atoms with E-state index in [1.807, 2.05) is 13.8 Å². The lowest BCUT2D eigenvalue weighted by molar-refractivity contribution is 0.0949. The van der Waals surface area contributed by atoms with Crippen molar-refractivity contribution in [2.75, 3.05) is 6.54 Å². The largest absolute Gasteiger partial charge is 0.352 e. The van der Waals surface area contributed by atoms with E-state index in [2.05, 4.69) is 15.0 Å². The van der Waals surface area contributed by atoms with Crippen LogP contribution in [0, 0.1) is 5.92 Å². The smallest absolute Gasteiger partial charge is 0.251 e. The van der Waals surface area contributed by atoms with Crippen LogP contribution in [0.3, 0.4) is 0 Å². The van der Waals surface area contributed by atoms with Crippen molar-refractivity contribution >= 4 is 15.9 Å². The number of pyridine rings is 1. The summed E-state index contributed by atoms with van der Waals surface area (Å²) in [5.41, 5.74) is 1.25. The lowest BCUT2D eigenvalue weighted by atomic mass is 10.2. The number of benzene rings is 1. The number of nitrogens with one attached hydrogen (secondary N) is 2. The summed E-state index contributed by atoms with van der Waals surface area (Å²) in [6.45, 7) is 4.77. The van der Waals surface area contributed by atoms with Gasteiger partial charge in [-0.25, -0.2) is 13.1 Å². The number of carbonyl (C=O) groups excluding carboxylic acids is 1. The Morgan fingerprint density at radius 1 is 1.08 bits per heavy atom. The summed E-state index contributed by atoms with van der Waals surface area (Å²) in [5, 5.41) is 2.79. The second-order valence-corrected chi connectivity index (χ2v) is 7.58. The Morgan fingerprint density at radius 2 is 1.71 bits per heavy atom. The van der Waals surface area contributed by atoms with Crippen molar-refractivity contribution in [3.8, 4) is 0 Å². The van der Waals surface area contributed by atoms with Gasteiger partial charge in [-0.1, -0.05) is 13.8 Å². The van der Waals surface area contributed by atoms with Crippen LogP contribution in [-0.2, 0) is 16.6 Å². The summed E-state index contributed by atoms with van der Waals surface area (Å²) >= 11 is 0. The minimum atomic E-state index is -3.63. The lowest BCUT2D eigenvalue weighted by Gasteiger charge is -2.09. The molecule has 0 bridgehead atoms. The molecule has 0 atom stereocenters. The van der Waals surface area contributed by atoms with Crippen LogP contribution < -0.4 is 10.0 Å². The molecular formula is C17H21N3O3S. The molecule has 2 N–H and O–H groups in total. The third kappa shape index (κ3) is 5.14. The predicted molar refractivity (Wildman–Crippen MR) is 91.9 cm³/mol. The fourth-order valence-electron chi connectivity index (χ4n) is 1.95. The Bertz CT molecular complexity index is 772. The van der Waals surface area contributed by atoms with Gasteiger partial charge < -0.3 is 5.32 Å². The third-order valence-electron chi connectivity index (χ3n) is 3.31. The van der Waals surface area contributed by atoms with Gasteiger partial charge in [-0.3, -0.25) is 9.78 Å². The maximum absolute atomic E-state index is 12.3. The highest BCUT2D eigenvalue weighted by molar-refractivity contribution is 7.89. The summed E-state index contributed by atoms with van der Waals surface area (Å²) < 4.78 is 27.1. The van der Waals surface area contributed by atoms with Crippen molar-refractivity contribution in [3.63, 3.8) is 0 Å². The monoisotopic (exact) mass is 347 g/mol. The standard InChI is InChI=1S/C17H21N3O3S/c1-13(2)11-19-17(21)15-3-5-16(6-4-15)24(22,23)20-12-14-7-9-18-10-8-14/h3-10,13,20H,11-12H2,1-2H3,(H,19,21). The summed E-state index contributed by atoms with van der Waals surface area (Å²) in [5.74, 6) is 0.142. The van der Waals surface area contributed by atoms with Crippen LogP contribution in [0.15, 0.2) is 53.7 Å². The zero-order valence-corrected chi connectivity index (χ0v) is 14.5. The van der Waals surface area contributed by atoms with Gasteiger partial charge >= 0.3 is 0 Å². The zero-order valence-electron chi connectivity index (χ0n) is 13.7. The Labute approximate surface area is 142 Å². The van der Waals surface area contributed by atoms with Crippen LogP contribution in [0.25, 0.3) is 0 Å². The Morgan fingerprint density at radius 3 is 2.29 bits per heavy atom. The van der Waals surface area contributed by atoms with Gasteiger partial charge in [-0.05, 0) is 47.9 Å². The Kier molecular flexibility index (Phi) is 6.05. The van der Waals surface area contributed by atoms with E-state index in [9.17, 15) is 13.2 Å². The number of aromatic nitrogens is 1. The van der Waals surface area contributed by atoms with E-state index >= 15 is 0 Å². The van der Waals surface area contributed by atoms with E-state index in [1.54, 1.807) is 24.5 Å². The molecule has 7 heteroatoms. The molecule has 1 aromatic heterocycles. The Hall–Kier alpha value is -2.25. The molecule has 0 spiro atoms. The summed E-state index contributed by atoms with van der Waals surface area (Å²) in [6.07, 6.45) is 3.21. The molecule has 0 unspecified atom stereocenters. The van der Waals surface area contributed by atoms with Crippen molar-refractivity contribution in [1.29, 1.82) is 0 Å². The van der Waals surface area contributed by atoms with E-state index in [0.717, 1.165) is 5.56 Å². The predicted octanol–water partition coefficient (Wildman–Crippen LogP) is 1.95. The van der Waals surface area contributed by atoms with Gasteiger partial charge in [0, 0.05) is 31.0 Å². The minimum Gasteiger partial charge on any atom is -0.352 e. The molecule has 0 aliphatic heterocycles. The molecule has 2 rings (SSSR count). The molecule has 0 saturated heterocycles. The van der Waals surface area contributed by atoms with E-state index in [-0.39, 0.29) is 17.3 Å². The van der Waals surface area contributed by atoms with Crippen LogP contribution in [0.5, 0.6) is 0 Å². The molecule has 1 heterocycles. The molecule has 24 heavy (non-hydrogen) atoms. The van der Waals surface area contributed by atoms with E-state index in [1.165, 1.54) is 24.3 Å². The average molecular weight is 347 g/mol. The fourth-order valence-corrected chi connectivity index (χ4v) is 2.96.